The number of aromatic nitrogens is 1. The average molecular weight is 685 g/mol. The van der Waals surface area contributed by atoms with Crippen molar-refractivity contribution in [2.24, 2.45) is 0 Å². The molecule has 0 saturated carbocycles. The molecule has 11 aromatic rings. The second-order valence-corrected chi connectivity index (χ2v) is 14.1. The number of thiazole rings is 1. The van der Waals surface area contributed by atoms with Crippen LogP contribution in [0.15, 0.2) is 179 Å². The van der Waals surface area contributed by atoms with Gasteiger partial charge in [0.1, 0.15) is 27.3 Å². The van der Waals surface area contributed by atoms with Gasteiger partial charge >= 0.3 is 0 Å². The molecule has 0 aliphatic rings. The van der Waals surface area contributed by atoms with Crippen molar-refractivity contribution >= 4 is 93.3 Å². The minimum absolute atomic E-state index is 0.816. The third-order valence-corrected chi connectivity index (χ3v) is 11.2. The van der Waals surface area contributed by atoms with Crippen molar-refractivity contribution in [1.82, 2.24) is 4.98 Å². The van der Waals surface area contributed by atoms with Crippen LogP contribution in [-0.2, 0) is 0 Å². The van der Waals surface area contributed by atoms with Gasteiger partial charge < -0.3 is 13.7 Å². The van der Waals surface area contributed by atoms with Crippen molar-refractivity contribution in [2.45, 2.75) is 0 Å². The van der Waals surface area contributed by atoms with Crippen LogP contribution in [0.25, 0.3) is 86.6 Å². The lowest BCUT2D eigenvalue weighted by molar-refractivity contribution is 0.669. The number of furan rings is 2. The molecule has 0 unspecified atom stereocenters. The van der Waals surface area contributed by atoms with E-state index < -0.39 is 0 Å². The predicted octanol–water partition coefficient (Wildman–Crippen LogP) is 14.1. The van der Waals surface area contributed by atoms with Gasteiger partial charge in [-0.3, -0.25) is 0 Å². The number of rotatable bonds is 5. The first-order chi connectivity index (χ1) is 25.8. The highest BCUT2D eigenvalue weighted by molar-refractivity contribution is 7.21. The van der Waals surface area contributed by atoms with E-state index in [-0.39, 0.29) is 0 Å². The molecule has 0 radical (unpaired) electrons. The zero-order valence-electron chi connectivity index (χ0n) is 27.8. The van der Waals surface area contributed by atoms with Crippen LogP contribution in [0, 0.1) is 0 Å². The Balaban J connectivity index is 1.10. The number of para-hydroxylation sites is 1. The van der Waals surface area contributed by atoms with Crippen molar-refractivity contribution in [3.8, 4) is 21.7 Å². The van der Waals surface area contributed by atoms with Crippen LogP contribution in [0.4, 0.5) is 17.1 Å². The van der Waals surface area contributed by atoms with Crippen molar-refractivity contribution in [2.75, 3.05) is 4.90 Å². The molecule has 52 heavy (non-hydrogen) atoms. The largest absolute Gasteiger partial charge is 0.456 e. The van der Waals surface area contributed by atoms with Gasteiger partial charge in [-0.2, -0.15) is 0 Å². The van der Waals surface area contributed by atoms with E-state index in [9.17, 15) is 0 Å². The van der Waals surface area contributed by atoms with Gasteiger partial charge in [-0.05, 0) is 76.5 Å². The molecule has 3 heterocycles. The minimum atomic E-state index is 0.816. The third kappa shape index (κ3) is 4.50. The topological polar surface area (TPSA) is 42.4 Å². The summed E-state index contributed by atoms with van der Waals surface area (Å²) in [5.74, 6) is 0. The van der Waals surface area contributed by atoms with Crippen molar-refractivity contribution in [1.29, 1.82) is 0 Å². The summed E-state index contributed by atoms with van der Waals surface area (Å²) in [5.41, 5.74) is 10.9. The number of hydrogen-bond donors (Lipinski definition) is 0. The first kappa shape index (κ1) is 29.1. The molecule has 3 aromatic heterocycles. The van der Waals surface area contributed by atoms with E-state index in [1.54, 1.807) is 11.3 Å². The summed E-state index contributed by atoms with van der Waals surface area (Å²) >= 11 is 1.71. The monoisotopic (exact) mass is 684 g/mol. The number of nitrogens with zero attached hydrogens (tertiary/aromatic N) is 2. The SMILES string of the molecule is c1ccc(-c2nc3c(ccc4oc5cc(N(c6ccc(-c7cccc8ccccc78)cc6)c6cccc7oc8ccccc8c67)ccc5c43)s2)cc1. The normalized spacial score (nSPS) is 11.8. The molecule has 0 fully saturated rings. The van der Waals surface area contributed by atoms with E-state index in [1.807, 2.05) is 24.3 Å². The maximum absolute atomic E-state index is 6.62. The summed E-state index contributed by atoms with van der Waals surface area (Å²) in [6.07, 6.45) is 0. The van der Waals surface area contributed by atoms with Gasteiger partial charge in [0, 0.05) is 33.8 Å². The fourth-order valence-electron chi connectivity index (χ4n) is 7.72. The Labute approximate surface area is 302 Å². The van der Waals surface area contributed by atoms with Crippen molar-refractivity contribution in [3.05, 3.63) is 170 Å². The highest BCUT2D eigenvalue weighted by Crippen LogP contribution is 2.46. The van der Waals surface area contributed by atoms with Crippen LogP contribution >= 0.6 is 11.3 Å². The molecule has 4 nitrogen and oxygen atoms in total. The van der Waals surface area contributed by atoms with Gasteiger partial charge in [0.15, 0.2) is 0 Å². The minimum Gasteiger partial charge on any atom is -0.456 e. The smallest absolute Gasteiger partial charge is 0.137 e. The van der Waals surface area contributed by atoms with E-state index in [1.165, 1.54) is 21.9 Å². The van der Waals surface area contributed by atoms with E-state index in [0.717, 1.165) is 81.7 Å². The standard InChI is InChI=1S/C47H28N2O2S/c1-2-11-31(12-3-1)47-48-46-43(52-47)27-26-41-45(46)37-25-24-33(28-42(37)51-41)49(38-17-9-19-40-44(38)36-15-6-7-18-39(36)50-40)32-22-20-30(21-23-32)35-16-8-13-29-10-4-5-14-34(29)35/h1-28H. The summed E-state index contributed by atoms with van der Waals surface area (Å²) < 4.78 is 14.1. The Kier molecular flexibility index (Phi) is 6.39. The molecule has 0 spiro atoms. The van der Waals surface area contributed by atoms with Crippen LogP contribution in [-0.4, -0.2) is 4.98 Å². The number of hydrogen-bond acceptors (Lipinski definition) is 5. The maximum atomic E-state index is 6.62. The Hall–Kier alpha value is -6.69. The second-order valence-electron chi connectivity index (χ2n) is 13.1. The lowest BCUT2D eigenvalue weighted by atomic mass is 9.98. The highest BCUT2D eigenvalue weighted by Gasteiger charge is 2.22. The highest BCUT2D eigenvalue weighted by atomic mass is 32.1. The molecule has 11 rings (SSSR count). The van der Waals surface area contributed by atoms with Gasteiger partial charge in [0.25, 0.3) is 0 Å². The zero-order chi connectivity index (χ0) is 34.2. The summed E-state index contributed by atoms with van der Waals surface area (Å²) in [4.78, 5) is 7.45. The van der Waals surface area contributed by atoms with E-state index in [4.69, 9.17) is 13.8 Å². The summed E-state index contributed by atoms with van der Waals surface area (Å²) in [6.45, 7) is 0. The zero-order valence-corrected chi connectivity index (χ0v) is 28.6. The van der Waals surface area contributed by atoms with E-state index in [0.29, 0.717) is 0 Å². The van der Waals surface area contributed by atoms with Crippen LogP contribution in [0.2, 0.25) is 0 Å². The molecule has 0 N–H and O–H groups in total. The summed E-state index contributed by atoms with van der Waals surface area (Å²) in [5, 5.41) is 7.72. The molecule has 5 heteroatoms. The molecule has 244 valence electrons. The van der Waals surface area contributed by atoms with Crippen molar-refractivity contribution in [3.63, 3.8) is 0 Å². The molecule has 0 saturated heterocycles. The van der Waals surface area contributed by atoms with E-state index >= 15 is 0 Å². The maximum Gasteiger partial charge on any atom is 0.137 e. The van der Waals surface area contributed by atoms with Crippen LogP contribution < -0.4 is 4.90 Å². The van der Waals surface area contributed by atoms with Gasteiger partial charge in [0.2, 0.25) is 0 Å². The third-order valence-electron chi connectivity index (χ3n) is 10.1. The average Bonchev–Trinajstić information content (AvgIpc) is 3.92. The Morgan fingerprint density at radius 2 is 1.15 bits per heavy atom. The number of benzene rings is 8. The quantitative estimate of drug-likeness (QED) is 0.181. The Bertz CT molecular complexity index is 3130. The molecular formula is C47H28N2O2S. The first-order valence-electron chi connectivity index (χ1n) is 17.4. The second kappa shape index (κ2) is 11.4. The molecule has 0 aliphatic heterocycles. The van der Waals surface area contributed by atoms with Crippen LogP contribution in [0.1, 0.15) is 0 Å². The van der Waals surface area contributed by atoms with Gasteiger partial charge in [-0.1, -0.05) is 109 Å². The fraction of sp³-hybridized carbons (Fsp3) is 0. The Morgan fingerprint density at radius 3 is 2.06 bits per heavy atom. The van der Waals surface area contributed by atoms with Crippen LogP contribution in [0.3, 0.4) is 0 Å². The molecule has 0 bridgehead atoms. The van der Waals surface area contributed by atoms with E-state index in [2.05, 4.69) is 150 Å². The van der Waals surface area contributed by atoms with Gasteiger partial charge in [0.05, 0.1) is 26.7 Å². The predicted molar refractivity (Wildman–Crippen MR) is 217 cm³/mol. The number of anilines is 3. The van der Waals surface area contributed by atoms with Gasteiger partial charge in [-0.25, -0.2) is 4.98 Å². The number of fused-ring (bicyclic) bond motifs is 9. The lowest BCUT2D eigenvalue weighted by Crippen LogP contribution is -2.10. The molecule has 0 aliphatic carbocycles. The van der Waals surface area contributed by atoms with Crippen molar-refractivity contribution < 1.29 is 8.83 Å². The van der Waals surface area contributed by atoms with Gasteiger partial charge in [-0.15, -0.1) is 11.3 Å². The molecule has 8 aromatic carbocycles. The molecular weight excluding hydrogens is 657 g/mol. The molecule has 0 atom stereocenters. The summed E-state index contributed by atoms with van der Waals surface area (Å²) in [7, 11) is 0. The Morgan fingerprint density at radius 1 is 0.462 bits per heavy atom. The summed E-state index contributed by atoms with van der Waals surface area (Å²) in [6, 6.07) is 59.6. The molecule has 0 amide bonds. The fourth-order valence-corrected chi connectivity index (χ4v) is 8.70. The lowest BCUT2D eigenvalue weighted by Gasteiger charge is -2.26. The van der Waals surface area contributed by atoms with Crippen LogP contribution in [0.5, 0.6) is 0 Å². The first-order valence-corrected chi connectivity index (χ1v) is 18.2.